The highest BCUT2D eigenvalue weighted by molar-refractivity contribution is 5.77. The molecule has 118 valence electrons. The van der Waals surface area contributed by atoms with Gasteiger partial charge in [-0.25, -0.2) is 4.98 Å². The van der Waals surface area contributed by atoms with Gasteiger partial charge in [-0.1, -0.05) is 19.8 Å². The zero-order chi connectivity index (χ0) is 15.3. The Morgan fingerprint density at radius 3 is 2.68 bits per heavy atom. The van der Waals surface area contributed by atoms with Crippen LogP contribution in [0.3, 0.4) is 0 Å². The maximum atomic E-state index is 12.5. The van der Waals surface area contributed by atoms with E-state index in [2.05, 4.69) is 22.3 Å². The highest BCUT2D eigenvalue weighted by atomic mass is 16.1. The molecule has 2 aromatic rings. The lowest BCUT2D eigenvalue weighted by Gasteiger charge is -2.13. The van der Waals surface area contributed by atoms with Crippen molar-refractivity contribution in [2.24, 2.45) is 13.0 Å². The molecule has 2 aromatic heterocycles. The second-order valence-electron chi connectivity index (χ2n) is 6.88. The van der Waals surface area contributed by atoms with Gasteiger partial charge in [0.05, 0.1) is 5.69 Å². The number of hydrogen-bond acceptors (Lipinski definition) is 4. The van der Waals surface area contributed by atoms with E-state index in [1.807, 2.05) is 7.05 Å². The molecule has 22 heavy (non-hydrogen) atoms. The number of rotatable bonds is 2. The smallest absolute Gasteiger partial charge is 0.277 e. The third kappa shape index (κ3) is 2.08. The van der Waals surface area contributed by atoms with Crippen LogP contribution in [-0.2, 0) is 7.05 Å². The summed E-state index contributed by atoms with van der Waals surface area (Å²) in [5.74, 6) is 2.06. The second-order valence-corrected chi connectivity index (χ2v) is 6.88. The Labute approximate surface area is 129 Å². The number of aromatic amines is 1. The monoisotopic (exact) mass is 301 g/mol. The fourth-order valence-corrected chi connectivity index (χ4v) is 4.05. The predicted octanol–water partition coefficient (Wildman–Crippen LogP) is 1.64. The second kappa shape index (κ2) is 5.19. The molecule has 0 spiro atoms. The van der Waals surface area contributed by atoms with Gasteiger partial charge in [-0.05, 0) is 25.3 Å². The SMILES string of the molecule is C[C@@H]1CNC[C@@H]1c1nc2c(C3CCCC3)nn(C)c2c(=O)[nH]1. The summed E-state index contributed by atoms with van der Waals surface area (Å²) in [6.07, 6.45) is 4.83. The largest absolute Gasteiger partial charge is 0.316 e. The molecule has 1 saturated carbocycles. The van der Waals surface area contributed by atoms with E-state index in [9.17, 15) is 4.79 Å². The van der Waals surface area contributed by atoms with Crippen molar-refractivity contribution in [1.29, 1.82) is 0 Å². The van der Waals surface area contributed by atoms with Gasteiger partial charge in [0.15, 0.2) is 5.52 Å². The van der Waals surface area contributed by atoms with Crippen LogP contribution >= 0.6 is 0 Å². The van der Waals surface area contributed by atoms with Crippen molar-refractivity contribution in [2.45, 2.75) is 44.4 Å². The maximum Gasteiger partial charge on any atom is 0.277 e. The standard InChI is InChI=1S/C16H23N5O/c1-9-7-17-8-11(9)15-18-13-12(10-5-3-4-6-10)20-21(2)14(13)16(22)19-15/h9-11,17H,3-8H2,1-2H3,(H,18,19,22)/t9-,11+/m1/s1. The zero-order valence-corrected chi connectivity index (χ0v) is 13.2. The lowest BCUT2D eigenvalue weighted by molar-refractivity contribution is 0.546. The third-order valence-corrected chi connectivity index (χ3v) is 5.35. The van der Waals surface area contributed by atoms with E-state index < -0.39 is 0 Å². The van der Waals surface area contributed by atoms with Crippen molar-refractivity contribution in [3.8, 4) is 0 Å². The van der Waals surface area contributed by atoms with Gasteiger partial charge < -0.3 is 10.3 Å². The first-order valence-corrected chi connectivity index (χ1v) is 8.32. The maximum absolute atomic E-state index is 12.5. The minimum atomic E-state index is -0.0571. The van der Waals surface area contributed by atoms with E-state index >= 15 is 0 Å². The zero-order valence-electron chi connectivity index (χ0n) is 13.2. The number of nitrogens with zero attached hydrogens (tertiary/aromatic N) is 3. The molecule has 0 radical (unpaired) electrons. The molecule has 0 amide bonds. The molecule has 0 bridgehead atoms. The van der Waals surface area contributed by atoms with Gasteiger partial charge in [-0.15, -0.1) is 0 Å². The first-order chi connectivity index (χ1) is 10.6. The van der Waals surface area contributed by atoms with Crippen molar-refractivity contribution in [1.82, 2.24) is 25.1 Å². The number of aromatic nitrogens is 4. The number of aryl methyl sites for hydroxylation is 1. The molecule has 0 unspecified atom stereocenters. The highest BCUT2D eigenvalue weighted by Crippen LogP contribution is 2.36. The van der Waals surface area contributed by atoms with Gasteiger partial charge in [0.1, 0.15) is 11.3 Å². The van der Waals surface area contributed by atoms with Crippen molar-refractivity contribution in [2.75, 3.05) is 13.1 Å². The van der Waals surface area contributed by atoms with Gasteiger partial charge in [-0.3, -0.25) is 9.48 Å². The van der Waals surface area contributed by atoms with E-state index in [1.165, 1.54) is 12.8 Å². The molecule has 2 N–H and O–H groups in total. The Morgan fingerprint density at radius 1 is 1.23 bits per heavy atom. The van der Waals surface area contributed by atoms with Crippen LogP contribution < -0.4 is 10.9 Å². The van der Waals surface area contributed by atoms with Crippen LogP contribution in [0.5, 0.6) is 0 Å². The molecule has 2 fully saturated rings. The molecule has 6 nitrogen and oxygen atoms in total. The normalized spacial score (nSPS) is 26.3. The van der Waals surface area contributed by atoms with Gasteiger partial charge in [0.2, 0.25) is 0 Å². The van der Waals surface area contributed by atoms with Crippen molar-refractivity contribution < 1.29 is 0 Å². The van der Waals surface area contributed by atoms with Crippen LogP contribution in [-0.4, -0.2) is 32.8 Å². The molecule has 1 saturated heterocycles. The summed E-state index contributed by atoms with van der Waals surface area (Å²) in [5, 5.41) is 8.02. The molecule has 3 heterocycles. The number of fused-ring (bicyclic) bond motifs is 1. The van der Waals surface area contributed by atoms with Crippen LogP contribution in [0.15, 0.2) is 4.79 Å². The van der Waals surface area contributed by atoms with Gasteiger partial charge in [0, 0.05) is 25.4 Å². The predicted molar refractivity (Wildman–Crippen MR) is 85.1 cm³/mol. The Morgan fingerprint density at radius 2 is 2.00 bits per heavy atom. The van der Waals surface area contributed by atoms with Crippen LogP contribution in [0, 0.1) is 5.92 Å². The average Bonchev–Trinajstić information content (AvgIpc) is 3.18. The van der Waals surface area contributed by atoms with E-state index in [-0.39, 0.29) is 11.5 Å². The van der Waals surface area contributed by atoms with Crippen LogP contribution in [0.25, 0.3) is 11.0 Å². The lowest BCUT2D eigenvalue weighted by atomic mass is 9.97. The summed E-state index contributed by atoms with van der Waals surface area (Å²) >= 11 is 0. The van der Waals surface area contributed by atoms with Crippen LogP contribution in [0.2, 0.25) is 0 Å². The number of nitrogens with one attached hydrogen (secondary N) is 2. The summed E-state index contributed by atoms with van der Waals surface area (Å²) in [6.45, 7) is 4.07. The summed E-state index contributed by atoms with van der Waals surface area (Å²) < 4.78 is 1.70. The van der Waals surface area contributed by atoms with E-state index in [0.717, 1.165) is 43.0 Å². The molecule has 2 atom stereocenters. The quantitative estimate of drug-likeness (QED) is 0.884. The molecular weight excluding hydrogens is 278 g/mol. The molecule has 2 aliphatic rings. The Hall–Kier alpha value is -1.69. The van der Waals surface area contributed by atoms with Gasteiger partial charge >= 0.3 is 0 Å². The molecular formula is C16H23N5O. The first kappa shape index (κ1) is 13.9. The van der Waals surface area contributed by atoms with Crippen molar-refractivity contribution in [3.63, 3.8) is 0 Å². The molecule has 1 aliphatic heterocycles. The number of hydrogen-bond donors (Lipinski definition) is 2. The lowest BCUT2D eigenvalue weighted by Crippen LogP contribution is -2.19. The Balaban J connectivity index is 1.87. The fraction of sp³-hybridized carbons (Fsp3) is 0.688. The van der Waals surface area contributed by atoms with Crippen molar-refractivity contribution >= 4 is 11.0 Å². The summed E-state index contributed by atoms with van der Waals surface area (Å²) in [4.78, 5) is 20.4. The third-order valence-electron chi connectivity index (χ3n) is 5.35. The number of H-pyrrole nitrogens is 1. The van der Waals surface area contributed by atoms with Gasteiger partial charge in [0.25, 0.3) is 5.56 Å². The summed E-state index contributed by atoms with van der Waals surface area (Å²) in [7, 11) is 1.84. The minimum Gasteiger partial charge on any atom is -0.316 e. The van der Waals surface area contributed by atoms with Gasteiger partial charge in [-0.2, -0.15) is 5.10 Å². The molecule has 4 rings (SSSR count). The molecule has 6 heteroatoms. The minimum absolute atomic E-state index is 0.0571. The first-order valence-electron chi connectivity index (χ1n) is 8.32. The molecule has 0 aromatic carbocycles. The topological polar surface area (TPSA) is 75.6 Å². The van der Waals surface area contributed by atoms with Crippen LogP contribution in [0.1, 0.15) is 56.0 Å². The fourth-order valence-electron chi connectivity index (χ4n) is 4.05. The highest BCUT2D eigenvalue weighted by Gasteiger charge is 2.30. The van der Waals surface area contributed by atoms with E-state index in [1.54, 1.807) is 4.68 Å². The van der Waals surface area contributed by atoms with E-state index in [0.29, 0.717) is 17.4 Å². The summed E-state index contributed by atoms with van der Waals surface area (Å²) in [5.41, 5.74) is 2.41. The Bertz CT molecular complexity index is 756. The molecule has 1 aliphatic carbocycles. The van der Waals surface area contributed by atoms with Crippen molar-refractivity contribution in [3.05, 3.63) is 21.9 Å². The Kier molecular flexibility index (Phi) is 3.29. The average molecular weight is 301 g/mol. The van der Waals surface area contributed by atoms with E-state index in [4.69, 9.17) is 4.98 Å². The van der Waals surface area contributed by atoms with Crippen LogP contribution in [0.4, 0.5) is 0 Å². The summed E-state index contributed by atoms with van der Waals surface area (Å²) in [6, 6.07) is 0.